The van der Waals surface area contributed by atoms with E-state index >= 15 is 4.39 Å². The Labute approximate surface area is 204 Å². The number of barbiturate groups is 1. The maximum atomic E-state index is 16.2. The highest BCUT2D eigenvalue weighted by atomic mass is 19.1. The molecule has 0 bridgehead atoms. The second-order valence-corrected chi connectivity index (χ2v) is 10.5. The van der Waals surface area contributed by atoms with Gasteiger partial charge in [0, 0.05) is 13.0 Å². The van der Waals surface area contributed by atoms with Crippen molar-refractivity contribution >= 4 is 40.7 Å². The number of carboxylic acid groups (broad SMARTS) is 1. The number of carbonyl (C=O) groups excluding carboxylic acids is 3. The maximum absolute atomic E-state index is 16.2. The molecule has 0 aliphatic carbocycles. The van der Waals surface area contributed by atoms with Crippen LogP contribution in [0.2, 0.25) is 0 Å². The lowest BCUT2D eigenvalue weighted by Gasteiger charge is -2.68. The third-order valence-electron chi connectivity index (χ3n) is 7.55. The van der Waals surface area contributed by atoms with Crippen LogP contribution in [-0.2, 0) is 20.7 Å². The molecule has 192 valence electrons. The van der Waals surface area contributed by atoms with Crippen LogP contribution in [0.25, 0.3) is 11.0 Å². The number of rotatable bonds is 1. The van der Waals surface area contributed by atoms with Gasteiger partial charge in [-0.25, -0.2) is 14.0 Å². The largest absolute Gasteiger partial charge is 0.512 e. The second kappa shape index (κ2) is 7.38. The summed E-state index contributed by atoms with van der Waals surface area (Å²) in [5.41, 5.74) is -4.28. The molecule has 0 saturated carbocycles. The number of hydrogen-bond acceptors (Lipinski definition) is 9. The Kier molecular flexibility index (Phi) is 4.92. The van der Waals surface area contributed by atoms with E-state index in [-0.39, 0.29) is 35.2 Å². The monoisotopic (exact) mass is 504 g/mol. The Hall–Kier alpha value is -3.74. The molecule has 1 spiro atoms. The number of ether oxygens (including phenoxy) is 2. The van der Waals surface area contributed by atoms with Gasteiger partial charge in [-0.3, -0.25) is 20.2 Å². The average Bonchev–Trinajstić information content (AvgIpc) is 3.12. The minimum Gasteiger partial charge on any atom is -0.449 e. The molecule has 2 fully saturated rings. The van der Waals surface area contributed by atoms with Crippen LogP contribution >= 0.6 is 0 Å². The van der Waals surface area contributed by atoms with Gasteiger partial charge in [0.25, 0.3) is 5.88 Å². The first kappa shape index (κ1) is 24.0. The smallest absolute Gasteiger partial charge is 0.449 e. The summed E-state index contributed by atoms with van der Waals surface area (Å²) in [6.07, 6.45) is -3.17. The Morgan fingerprint density at radius 2 is 1.89 bits per heavy atom. The molecule has 3 aliphatic heterocycles. The molecule has 36 heavy (non-hydrogen) atoms. The number of carbonyl (C=O) groups is 4. The Morgan fingerprint density at radius 1 is 1.25 bits per heavy atom. The number of nitrogens with zero attached hydrogens (tertiary/aromatic N) is 2. The van der Waals surface area contributed by atoms with Crippen molar-refractivity contribution in [1.29, 1.82) is 0 Å². The van der Waals surface area contributed by atoms with Crippen LogP contribution in [0.3, 0.4) is 0 Å². The van der Waals surface area contributed by atoms with E-state index < -0.39 is 64.3 Å². The van der Waals surface area contributed by atoms with E-state index in [2.05, 4.69) is 20.5 Å². The van der Waals surface area contributed by atoms with Crippen molar-refractivity contribution in [3.05, 3.63) is 17.4 Å². The van der Waals surface area contributed by atoms with E-state index in [1.54, 1.807) is 18.7 Å². The standard InChI is InChI=1S/C23H25FN4O8/c1-9-8-28-14-11(6-12-15(13(14)24)36-27-16(12)35-20(32)33)7-22(17(29)25-19(31)26-18(22)30)23(28,10(2)34-9)21(3,4)5/h6,9-10H,7-8H2,1-5H3,(H,32,33)(H2,25,26,29,30,31)/t9-,10+,23+/m0/s1. The quantitative estimate of drug-likeness (QED) is 0.388. The summed E-state index contributed by atoms with van der Waals surface area (Å²) in [7, 11) is 0. The molecule has 2 saturated heterocycles. The van der Waals surface area contributed by atoms with E-state index in [9.17, 15) is 19.2 Å². The van der Waals surface area contributed by atoms with E-state index in [0.29, 0.717) is 0 Å². The van der Waals surface area contributed by atoms with Crippen molar-refractivity contribution < 1.29 is 42.7 Å². The summed E-state index contributed by atoms with van der Waals surface area (Å²) >= 11 is 0. The number of fused-ring (bicyclic) bond motifs is 5. The number of nitrogens with one attached hydrogen (secondary N) is 2. The van der Waals surface area contributed by atoms with Gasteiger partial charge in [-0.2, -0.15) is 0 Å². The van der Waals surface area contributed by atoms with Crippen molar-refractivity contribution in [2.24, 2.45) is 10.8 Å². The number of hydrogen-bond donors (Lipinski definition) is 3. The number of imide groups is 2. The number of benzene rings is 1. The summed E-state index contributed by atoms with van der Waals surface area (Å²) in [5.74, 6) is -2.98. The van der Waals surface area contributed by atoms with Crippen molar-refractivity contribution in [3.8, 4) is 5.88 Å². The van der Waals surface area contributed by atoms with Gasteiger partial charge >= 0.3 is 12.2 Å². The molecule has 0 radical (unpaired) electrons. The van der Waals surface area contributed by atoms with E-state index in [1.807, 2.05) is 20.8 Å². The Balaban J connectivity index is 1.89. The normalized spacial score (nSPS) is 27.4. The fraction of sp³-hybridized carbons (Fsp3) is 0.522. The molecule has 1 aromatic heterocycles. The number of aromatic nitrogens is 1. The molecular weight excluding hydrogens is 479 g/mol. The van der Waals surface area contributed by atoms with E-state index in [4.69, 9.17) is 14.4 Å². The molecule has 5 rings (SSSR count). The zero-order valence-electron chi connectivity index (χ0n) is 20.2. The van der Waals surface area contributed by atoms with Gasteiger partial charge in [0.05, 0.1) is 28.8 Å². The van der Waals surface area contributed by atoms with Gasteiger partial charge in [0.1, 0.15) is 0 Å². The Bertz CT molecular complexity index is 1330. The molecule has 0 unspecified atom stereocenters. The SMILES string of the molecule is C[C@H]1CN2c3c(cc4c(OC(=O)O)noc4c3F)CC3(C(=O)NC(=O)NC3=O)[C@]2(C(C)(C)C)[C@@H](C)O1. The van der Waals surface area contributed by atoms with Crippen LogP contribution in [0, 0.1) is 16.6 Å². The average molecular weight is 504 g/mol. The molecule has 1 aromatic carbocycles. The number of urea groups is 1. The third-order valence-corrected chi connectivity index (χ3v) is 7.55. The van der Waals surface area contributed by atoms with Crippen molar-refractivity contribution in [2.45, 2.75) is 58.8 Å². The molecule has 4 heterocycles. The van der Waals surface area contributed by atoms with Crippen molar-refractivity contribution in [3.63, 3.8) is 0 Å². The van der Waals surface area contributed by atoms with Gasteiger partial charge in [-0.1, -0.05) is 20.8 Å². The van der Waals surface area contributed by atoms with E-state index in [0.717, 1.165) is 0 Å². The summed E-state index contributed by atoms with van der Waals surface area (Å²) in [6, 6.07) is 0.450. The van der Waals surface area contributed by atoms with Crippen molar-refractivity contribution in [1.82, 2.24) is 15.8 Å². The number of anilines is 1. The first-order valence-corrected chi connectivity index (χ1v) is 11.4. The number of amides is 4. The van der Waals surface area contributed by atoms with Gasteiger partial charge in [-0.15, -0.1) is 0 Å². The highest BCUT2D eigenvalue weighted by Gasteiger charge is 2.75. The van der Waals surface area contributed by atoms with Gasteiger partial charge < -0.3 is 24.0 Å². The van der Waals surface area contributed by atoms with Crippen LogP contribution in [0.15, 0.2) is 10.6 Å². The first-order valence-electron chi connectivity index (χ1n) is 11.4. The minimum atomic E-state index is -1.92. The lowest BCUT2D eigenvalue weighted by atomic mass is 9.49. The number of halogens is 1. The molecule has 4 amide bonds. The molecule has 12 nitrogen and oxygen atoms in total. The highest BCUT2D eigenvalue weighted by molar-refractivity contribution is 6.21. The van der Waals surface area contributed by atoms with Crippen LogP contribution in [0.1, 0.15) is 40.2 Å². The van der Waals surface area contributed by atoms with E-state index in [1.165, 1.54) is 6.07 Å². The van der Waals surface area contributed by atoms with Crippen LogP contribution in [0.4, 0.5) is 19.7 Å². The molecule has 3 atom stereocenters. The molecule has 13 heteroatoms. The maximum Gasteiger partial charge on any atom is 0.512 e. The zero-order valence-corrected chi connectivity index (χ0v) is 20.2. The molecule has 3 N–H and O–H groups in total. The van der Waals surface area contributed by atoms with Crippen LogP contribution in [-0.4, -0.2) is 58.6 Å². The van der Waals surface area contributed by atoms with Gasteiger partial charge in [0.15, 0.2) is 11.2 Å². The predicted molar refractivity (Wildman–Crippen MR) is 120 cm³/mol. The third kappa shape index (κ3) is 2.80. The fourth-order valence-electron chi connectivity index (χ4n) is 6.73. The zero-order chi connectivity index (χ0) is 26.4. The molecular formula is C23H25FN4O8. The summed E-state index contributed by atoms with van der Waals surface area (Å²) in [5, 5.41) is 17.0. The highest BCUT2D eigenvalue weighted by Crippen LogP contribution is 2.61. The Morgan fingerprint density at radius 3 is 2.47 bits per heavy atom. The fourth-order valence-corrected chi connectivity index (χ4v) is 6.73. The lowest BCUT2D eigenvalue weighted by Crippen LogP contribution is -2.85. The van der Waals surface area contributed by atoms with Crippen LogP contribution in [0.5, 0.6) is 5.88 Å². The lowest BCUT2D eigenvalue weighted by molar-refractivity contribution is -0.180. The predicted octanol–water partition coefficient (Wildman–Crippen LogP) is 2.33. The van der Waals surface area contributed by atoms with Crippen LogP contribution < -0.4 is 20.3 Å². The summed E-state index contributed by atoms with van der Waals surface area (Å²) in [6.45, 7) is 9.09. The van der Waals surface area contributed by atoms with Gasteiger partial charge in [-0.05, 0) is 36.0 Å². The summed E-state index contributed by atoms with van der Waals surface area (Å²) < 4.78 is 32.2. The summed E-state index contributed by atoms with van der Waals surface area (Å²) in [4.78, 5) is 52.3. The topological polar surface area (TPSA) is 160 Å². The van der Waals surface area contributed by atoms with Gasteiger partial charge in [0.2, 0.25) is 17.4 Å². The first-order chi connectivity index (χ1) is 16.8. The minimum absolute atomic E-state index is 0.0749. The van der Waals surface area contributed by atoms with Crippen molar-refractivity contribution in [2.75, 3.05) is 11.4 Å². The molecule has 3 aliphatic rings. The molecule has 2 aromatic rings. The second-order valence-electron chi connectivity index (χ2n) is 10.5. The number of morpholine rings is 1.